The minimum atomic E-state index is -0.397. The number of esters is 1. The lowest BCUT2D eigenvalue weighted by Crippen LogP contribution is -2.45. The van der Waals surface area contributed by atoms with Crippen LogP contribution in [0.15, 0.2) is 0 Å². The number of fused-ring (bicyclic) bond motifs is 1. The van der Waals surface area contributed by atoms with Gasteiger partial charge in [-0.15, -0.1) is 0 Å². The minimum absolute atomic E-state index is 0.0154. The van der Waals surface area contributed by atoms with Crippen molar-refractivity contribution in [1.29, 1.82) is 0 Å². The fourth-order valence-corrected chi connectivity index (χ4v) is 1.77. The second kappa shape index (κ2) is 2.47. The van der Waals surface area contributed by atoms with E-state index in [1.54, 1.807) is 0 Å². The third-order valence-corrected chi connectivity index (χ3v) is 2.60. The fraction of sp³-hybridized carbons (Fsp3) is 0.750. The number of carbonyl (C=O) groups excluding carboxylic acids is 2. The first-order chi connectivity index (χ1) is 5.72. The summed E-state index contributed by atoms with van der Waals surface area (Å²) >= 11 is 0. The van der Waals surface area contributed by atoms with Crippen LogP contribution in [0.4, 0.5) is 0 Å². The molecular formula is C8H11NO3. The number of methoxy groups -OCH3 is 1. The predicted molar refractivity (Wildman–Crippen MR) is 40.2 cm³/mol. The van der Waals surface area contributed by atoms with E-state index in [9.17, 15) is 9.59 Å². The Bertz CT molecular complexity index is 238. The van der Waals surface area contributed by atoms with Crippen LogP contribution in [-0.4, -0.2) is 25.0 Å². The van der Waals surface area contributed by atoms with Gasteiger partial charge in [0.2, 0.25) is 5.91 Å². The van der Waals surface area contributed by atoms with E-state index in [1.807, 2.05) is 0 Å². The molecule has 66 valence electrons. The first kappa shape index (κ1) is 7.58. The number of ether oxygens (including phenoxy) is 1. The zero-order valence-corrected chi connectivity index (χ0v) is 6.87. The lowest BCUT2D eigenvalue weighted by molar-refractivity contribution is -0.146. The number of nitrogens with one attached hydrogen (secondary N) is 1. The molecule has 1 amide bonds. The van der Waals surface area contributed by atoms with Crippen LogP contribution >= 0.6 is 0 Å². The Balaban J connectivity index is 2.00. The highest BCUT2D eigenvalue weighted by Gasteiger charge is 2.49. The lowest BCUT2D eigenvalue weighted by atomic mass is 10.0. The summed E-state index contributed by atoms with van der Waals surface area (Å²) in [6.45, 7) is 0. The Morgan fingerprint density at radius 2 is 2.33 bits per heavy atom. The maximum absolute atomic E-state index is 11.1. The number of hydrogen-bond donors (Lipinski definition) is 1. The number of hydrogen-bond acceptors (Lipinski definition) is 3. The molecule has 0 spiro atoms. The average molecular weight is 169 g/mol. The smallest absolute Gasteiger partial charge is 0.328 e. The predicted octanol–water partition coefficient (Wildman–Crippen LogP) is -0.316. The summed E-state index contributed by atoms with van der Waals surface area (Å²) in [5.41, 5.74) is 0. The van der Waals surface area contributed by atoms with Crippen molar-refractivity contribution in [1.82, 2.24) is 5.32 Å². The van der Waals surface area contributed by atoms with Crippen LogP contribution in [0.1, 0.15) is 12.8 Å². The topological polar surface area (TPSA) is 55.4 Å². The number of rotatable bonds is 1. The Hall–Kier alpha value is -1.06. The summed E-state index contributed by atoms with van der Waals surface area (Å²) in [5, 5.41) is 2.64. The van der Waals surface area contributed by atoms with Gasteiger partial charge in [0, 0.05) is 5.92 Å². The highest BCUT2D eigenvalue weighted by molar-refractivity contribution is 5.89. The number of amides is 1. The molecule has 0 aromatic heterocycles. The molecule has 1 aliphatic carbocycles. The van der Waals surface area contributed by atoms with Gasteiger partial charge in [0.05, 0.1) is 7.11 Å². The van der Waals surface area contributed by atoms with E-state index in [4.69, 9.17) is 0 Å². The van der Waals surface area contributed by atoms with Gasteiger partial charge in [0.25, 0.3) is 0 Å². The van der Waals surface area contributed by atoms with Gasteiger partial charge in [-0.2, -0.15) is 0 Å². The van der Waals surface area contributed by atoms with Crippen molar-refractivity contribution in [3.05, 3.63) is 0 Å². The van der Waals surface area contributed by atoms with Crippen molar-refractivity contribution >= 4 is 11.9 Å². The van der Waals surface area contributed by atoms with E-state index < -0.39 is 6.04 Å². The van der Waals surface area contributed by atoms with Gasteiger partial charge in [-0.3, -0.25) is 4.79 Å². The molecule has 2 rings (SSSR count). The van der Waals surface area contributed by atoms with E-state index >= 15 is 0 Å². The Morgan fingerprint density at radius 1 is 1.58 bits per heavy atom. The lowest BCUT2D eigenvalue weighted by Gasteiger charge is -2.19. The normalized spacial score (nSPS) is 38.1. The standard InChI is InChI=1S/C8H11NO3/c1-12-8(11)6-3-4-2-5(4)7(10)9-6/h4-6H,2-3H2,1H3,(H,9,10). The van der Waals surface area contributed by atoms with E-state index in [0.717, 1.165) is 12.8 Å². The number of carbonyl (C=O) groups is 2. The summed E-state index contributed by atoms with van der Waals surface area (Å²) in [4.78, 5) is 22.2. The van der Waals surface area contributed by atoms with Crippen molar-refractivity contribution in [3.8, 4) is 0 Å². The monoisotopic (exact) mass is 169 g/mol. The molecule has 4 nitrogen and oxygen atoms in total. The van der Waals surface area contributed by atoms with E-state index in [1.165, 1.54) is 7.11 Å². The largest absolute Gasteiger partial charge is 0.467 e. The maximum atomic E-state index is 11.1. The van der Waals surface area contributed by atoms with Crippen LogP contribution in [-0.2, 0) is 14.3 Å². The molecule has 0 bridgehead atoms. The zero-order chi connectivity index (χ0) is 8.72. The molecule has 1 N–H and O–H groups in total. The molecule has 1 aliphatic heterocycles. The van der Waals surface area contributed by atoms with Crippen LogP contribution in [0.5, 0.6) is 0 Å². The maximum Gasteiger partial charge on any atom is 0.328 e. The zero-order valence-electron chi connectivity index (χ0n) is 6.87. The first-order valence-electron chi connectivity index (χ1n) is 4.10. The quantitative estimate of drug-likeness (QED) is 0.547. The van der Waals surface area contributed by atoms with Gasteiger partial charge in [0.15, 0.2) is 0 Å². The van der Waals surface area contributed by atoms with Crippen LogP contribution in [0.3, 0.4) is 0 Å². The molecule has 0 aromatic rings. The van der Waals surface area contributed by atoms with Crippen LogP contribution in [0.25, 0.3) is 0 Å². The third-order valence-electron chi connectivity index (χ3n) is 2.60. The third kappa shape index (κ3) is 1.07. The second-order valence-corrected chi connectivity index (χ2v) is 3.42. The Morgan fingerprint density at radius 3 is 2.92 bits per heavy atom. The highest BCUT2D eigenvalue weighted by atomic mass is 16.5. The van der Waals surface area contributed by atoms with Gasteiger partial charge < -0.3 is 10.1 Å². The van der Waals surface area contributed by atoms with Gasteiger partial charge in [-0.05, 0) is 18.8 Å². The Kier molecular flexibility index (Phi) is 1.56. The molecule has 0 aromatic carbocycles. The molecule has 1 heterocycles. The summed E-state index contributed by atoms with van der Waals surface area (Å²) in [6.07, 6.45) is 1.70. The molecule has 12 heavy (non-hydrogen) atoms. The van der Waals surface area contributed by atoms with Crippen molar-refractivity contribution in [2.24, 2.45) is 11.8 Å². The summed E-state index contributed by atoms with van der Waals surface area (Å²) < 4.78 is 4.55. The van der Waals surface area contributed by atoms with Gasteiger partial charge in [-0.25, -0.2) is 4.79 Å². The second-order valence-electron chi connectivity index (χ2n) is 3.42. The van der Waals surface area contributed by atoms with Gasteiger partial charge >= 0.3 is 5.97 Å². The average Bonchev–Trinajstić information content (AvgIpc) is 2.82. The highest BCUT2D eigenvalue weighted by Crippen LogP contribution is 2.44. The van der Waals surface area contributed by atoms with Gasteiger partial charge in [-0.1, -0.05) is 0 Å². The van der Waals surface area contributed by atoms with Crippen LogP contribution in [0.2, 0.25) is 0 Å². The molecular weight excluding hydrogens is 158 g/mol. The summed E-state index contributed by atoms with van der Waals surface area (Å²) in [5.74, 6) is 0.309. The minimum Gasteiger partial charge on any atom is -0.467 e. The fourth-order valence-electron chi connectivity index (χ4n) is 1.77. The molecule has 4 heteroatoms. The van der Waals surface area contributed by atoms with E-state index in [-0.39, 0.29) is 17.8 Å². The van der Waals surface area contributed by atoms with Crippen molar-refractivity contribution in [3.63, 3.8) is 0 Å². The molecule has 3 atom stereocenters. The van der Waals surface area contributed by atoms with Crippen LogP contribution < -0.4 is 5.32 Å². The van der Waals surface area contributed by atoms with Crippen molar-refractivity contribution in [2.45, 2.75) is 18.9 Å². The molecule has 0 radical (unpaired) electrons. The van der Waals surface area contributed by atoms with Crippen molar-refractivity contribution < 1.29 is 14.3 Å². The van der Waals surface area contributed by atoms with E-state index in [0.29, 0.717) is 5.92 Å². The molecule has 3 unspecified atom stereocenters. The molecule has 2 fully saturated rings. The molecule has 2 aliphatic rings. The first-order valence-corrected chi connectivity index (χ1v) is 4.10. The summed E-state index contributed by atoms with van der Waals surface area (Å²) in [6, 6.07) is -0.397. The van der Waals surface area contributed by atoms with Gasteiger partial charge in [0.1, 0.15) is 6.04 Å². The van der Waals surface area contributed by atoms with E-state index in [2.05, 4.69) is 10.1 Å². The number of piperidine rings is 1. The molecule has 1 saturated heterocycles. The SMILES string of the molecule is COC(=O)C1CC2CC2C(=O)N1. The van der Waals surface area contributed by atoms with Crippen molar-refractivity contribution in [2.75, 3.05) is 7.11 Å². The van der Waals surface area contributed by atoms with Crippen LogP contribution in [0, 0.1) is 11.8 Å². The summed E-state index contributed by atoms with van der Waals surface area (Å²) in [7, 11) is 1.34. The Labute approximate surface area is 70.3 Å². The molecule has 1 saturated carbocycles.